The summed E-state index contributed by atoms with van der Waals surface area (Å²) in [5.74, 6) is 0.839. The van der Waals surface area contributed by atoms with E-state index in [2.05, 4.69) is 13.8 Å². The third kappa shape index (κ3) is 2.48. The molecule has 0 bridgehead atoms. The maximum Gasteiger partial charge on any atom is 0.161 e. The first-order chi connectivity index (χ1) is 10.6. The van der Waals surface area contributed by atoms with Crippen LogP contribution in [0.15, 0.2) is 48.7 Å². The summed E-state index contributed by atoms with van der Waals surface area (Å²) in [6, 6.07) is 12.6. The number of phenolic OH excluding ortho intramolecular Hbond substituents is 2. The number of aromatic nitrogens is 1. The maximum absolute atomic E-state index is 10.1. The average molecular weight is 297 g/mol. The fraction of sp³-hybridized carbons (Fsp3) is 0.222. The third-order valence-electron chi connectivity index (χ3n) is 3.72. The Balaban J connectivity index is 1.98. The van der Waals surface area contributed by atoms with Crippen molar-refractivity contribution in [2.45, 2.75) is 26.5 Å². The molecule has 0 radical (unpaired) electrons. The van der Waals surface area contributed by atoms with Crippen molar-refractivity contribution in [2.24, 2.45) is 0 Å². The molecule has 3 aromatic rings. The molecule has 0 aliphatic heterocycles. The Hall–Kier alpha value is -2.62. The van der Waals surface area contributed by atoms with Crippen molar-refractivity contribution in [3.8, 4) is 17.2 Å². The normalized spacial score (nSPS) is 11.2. The number of fused-ring (bicyclic) bond motifs is 1. The van der Waals surface area contributed by atoms with Crippen LogP contribution >= 0.6 is 0 Å². The first-order valence-electron chi connectivity index (χ1n) is 7.30. The van der Waals surface area contributed by atoms with E-state index in [0.29, 0.717) is 12.4 Å². The molecular weight excluding hydrogens is 278 g/mol. The molecule has 4 nitrogen and oxygen atoms in total. The van der Waals surface area contributed by atoms with Crippen LogP contribution in [0.3, 0.4) is 0 Å². The molecule has 0 aliphatic rings. The molecule has 0 aliphatic carbocycles. The van der Waals surface area contributed by atoms with Gasteiger partial charge in [-0.05, 0) is 32.0 Å². The van der Waals surface area contributed by atoms with Gasteiger partial charge in [-0.15, -0.1) is 0 Å². The van der Waals surface area contributed by atoms with Crippen LogP contribution in [-0.4, -0.2) is 14.8 Å². The molecular formula is C18H19NO3. The minimum Gasteiger partial charge on any atom is -0.506 e. The van der Waals surface area contributed by atoms with E-state index in [9.17, 15) is 10.2 Å². The minimum atomic E-state index is 0.123. The molecule has 114 valence electrons. The van der Waals surface area contributed by atoms with Gasteiger partial charge in [-0.1, -0.05) is 24.3 Å². The number of hydrogen-bond acceptors (Lipinski definition) is 3. The Kier molecular flexibility index (Phi) is 3.67. The van der Waals surface area contributed by atoms with Crippen LogP contribution < -0.4 is 4.74 Å². The second kappa shape index (κ2) is 5.64. The van der Waals surface area contributed by atoms with Gasteiger partial charge in [0.05, 0.1) is 5.52 Å². The van der Waals surface area contributed by atoms with Gasteiger partial charge in [-0.25, -0.2) is 0 Å². The summed E-state index contributed by atoms with van der Waals surface area (Å²) in [5.41, 5.74) is 1.79. The minimum absolute atomic E-state index is 0.123. The van der Waals surface area contributed by atoms with Gasteiger partial charge >= 0.3 is 0 Å². The standard InChI is InChI=1S/C18H19NO3/c1-12(2)19-10-13(14-6-5-8-16(21)18(14)19)11-22-17-9-4-3-7-15(17)20/h3-10,12,20-21H,11H2,1-2H3. The predicted molar refractivity (Wildman–Crippen MR) is 86.4 cm³/mol. The largest absolute Gasteiger partial charge is 0.506 e. The lowest BCUT2D eigenvalue weighted by Crippen LogP contribution is -1.99. The van der Waals surface area contributed by atoms with Crippen LogP contribution in [0.1, 0.15) is 25.5 Å². The lowest BCUT2D eigenvalue weighted by atomic mass is 10.2. The van der Waals surface area contributed by atoms with Crippen LogP contribution in [-0.2, 0) is 6.61 Å². The van der Waals surface area contributed by atoms with Crippen LogP contribution in [0.5, 0.6) is 17.2 Å². The molecule has 22 heavy (non-hydrogen) atoms. The monoisotopic (exact) mass is 297 g/mol. The van der Waals surface area contributed by atoms with E-state index in [0.717, 1.165) is 16.5 Å². The van der Waals surface area contributed by atoms with Crippen LogP contribution in [0.2, 0.25) is 0 Å². The van der Waals surface area contributed by atoms with E-state index in [4.69, 9.17) is 4.74 Å². The molecule has 0 spiro atoms. The molecule has 0 saturated carbocycles. The smallest absolute Gasteiger partial charge is 0.161 e. The molecule has 0 saturated heterocycles. The average Bonchev–Trinajstić information content (AvgIpc) is 2.87. The molecule has 3 rings (SSSR count). The summed E-state index contributed by atoms with van der Waals surface area (Å²) in [7, 11) is 0. The fourth-order valence-corrected chi connectivity index (χ4v) is 2.62. The highest BCUT2D eigenvalue weighted by atomic mass is 16.5. The lowest BCUT2D eigenvalue weighted by Gasteiger charge is -2.09. The molecule has 0 unspecified atom stereocenters. The third-order valence-corrected chi connectivity index (χ3v) is 3.72. The zero-order chi connectivity index (χ0) is 15.7. The zero-order valence-electron chi connectivity index (χ0n) is 12.7. The van der Waals surface area contributed by atoms with Crippen LogP contribution in [0, 0.1) is 0 Å². The van der Waals surface area contributed by atoms with Gasteiger partial charge in [0, 0.05) is 23.2 Å². The lowest BCUT2D eigenvalue weighted by molar-refractivity contribution is 0.290. The summed E-state index contributed by atoms with van der Waals surface area (Å²) >= 11 is 0. The Labute approximate surface area is 129 Å². The number of para-hydroxylation sites is 3. The molecule has 4 heteroatoms. The zero-order valence-corrected chi connectivity index (χ0v) is 12.7. The summed E-state index contributed by atoms with van der Waals surface area (Å²) in [6.07, 6.45) is 2.00. The van der Waals surface area contributed by atoms with Crippen molar-refractivity contribution in [2.75, 3.05) is 0 Å². The van der Waals surface area contributed by atoms with Gasteiger partial charge in [0.1, 0.15) is 12.4 Å². The quantitative estimate of drug-likeness (QED) is 0.758. The first-order valence-corrected chi connectivity index (χ1v) is 7.30. The molecule has 0 amide bonds. The van der Waals surface area contributed by atoms with Crippen molar-refractivity contribution in [3.05, 3.63) is 54.2 Å². The number of phenols is 2. The molecule has 1 aromatic heterocycles. The first kappa shape index (κ1) is 14.3. The summed E-state index contributed by atoms with van der Waals surface area (Å²) in [5, 5.41) is 20.9. The number of ether oxygens (including phenoxy) is 1. The highest BCUT2D eigenvalue weighted by Crippen LogP contribution is 2.33. The molecule has 2 N–H and O–H groups in total. The molecule has 0 atom stereocenters. The van der Waals surface area contributed by atoms with Crippen molar-refractivity contribution in [1.82, 2.24) is 4.57 Å². The Morgan fingerprint density at radius 1 is 1.00 bits per heavy atom. The van der Waals surface area contributed by atoms with E-state index in [1.54, 1.807) is 24.3 Å². The van der Waals surface area contributed by atoms with Crippen molar-refractivity contribution in [1.29, 1.82) is 0 Å². The summed E-state index contributed by atoms with van der Waals surface area (Å²) in [6.45, 7) is 4.47. The Bertz CT molecular complexity index is 805. The summed E-state index contributed by atoms with van der Waals surface area (Å²) < 4.78 is 7.75. The highest BCUT2D eigenvalue weighted by Gasteiger charge is 2.14. The molecule has 1 heterocycles. The van der Waals surface area contributed by atoms with Gasteiger partial charge in [-0.2, -0.15) is 0 Å². The Morgan fingerprint density at radius 3 is 2.45 bits per heavy atom. The van der Waals surface area contributed by atoms with Crippen LogP contribution in [0.4, 0.5) is 0 Å². The maximum atomic E-state index is 10.1. The van der Waals surface area contributed by atoms with Crippen molar-refractivity contribution < 1.29 is 14.9 Å². The number of hydrogen-bond donors (Lipinski definition) is 2. The van der Waals surface area contributed by atoms with E-state index in [1.165, 1.54) is 0 Å². The fourth-order valence-electron chi connectivity index (χ4n) is 2.62. The van der Waals surface area contributed by atoms with E-state index < -0.39 is 0 Å². The van der Waals surface area contributed by atoms with Crippen molar-refractivity contribution >= 4 is 10.9 Å². The van der Waals surface area contributed by atoms with Crippen LogP contribution in [0.25, 0.3) is 10.9 Å². The van der Waals surface area contributed by atoms with E-state index in [1.807, 2.05) is 29.0 Å². The van der Waals surface area contributed by atoms with E-state index >= 15 is 0 Å². The number of benzene rings is 2. The van der Waals surface area contributed by atoms with Gasteiger partial charge in [0.2, 0.25) is 0 Å². The van der Waals surface area contributed by atoms with Gasteiger partial charge in [0.25, 0.3) is 0 Å². The Morgan fingerprint density at radius 2 is 1.73 bits per heavy atom. The highest BCUT2D eigenvalue weighted by molar-refractivity contribution is 5.89. The second-order valence-electron chi connectivity index (χ2n) is 5.59. The van der Waals surface area contributed by atoms with Crippen molar-refractivity contribution in [3.63, 3.8) is 0 Å². The molecule has 2 aromatic carbocycles. The van der Waals surface area contributed by atoms with Gasteiger partial charge in [0.15, 0.2) is 11.5 Å². The summed E-state index contributed by atoms with van der Waals surface area (Å²) in [4.78, 5) is 0. The SMILES string of the molecule is CC(C)n1cc(COc2ccccc2O)c2cccc(O)c21. The van der Waals surface area contributed by atoms with Gasteiger partial charge in [-0.3, -0.25) is 0 Å². The number of rotatable bonds is 4. The predicted octanol–water partition coefficient (Wildman–Crippen LogP) is 4.21. The van der Waals surface area contributed by atoms with E-state index in [-0.39, 0.29) is 17.5 Å². The van der Waals surface area contributed by atoms with Gasteiger partial charge < -0.3 is 19.5 Å². The molecule has 0 fully saturated rings. The number of nitrogens with zero attached hydrogens (tertiary/aromatic N) is 1. The second-order valence-corrected chi connectivity index (χ2v) is 5.59. The topological polar surface area (TPSA) is 54.6 Å². The number of aromatic hydroxyl groups is 2.